The lowest BCUT2D eigenvalue weighted by atomic mass is 9.98. The number of nitrogens with zero attached hydrogens (tertiary/aromatic N) is 4. The first-order chi connectivity index (χ1) is 23.7. The average Bonchev–Trinajstić information content (AvgIpc) is 3.67. The highest BCUT2D eigenvalue weighted by Gasteiger charge is 2.19. The van der Waals surface area contributed by atoms with Crippen molar-refractivity contribution in [3.63, 3.8) is 0 Å². The van der Waals surface area contributed by atoms with Gasteiger partial charge in [-0.3, -0.25) is 0 Å². The zero-order chi connectivity index (χ0) is 32.2. The van der Waals surface area contributed by atoms with Crippen LogP contribution in [0.3, 0.4) is 0 Å². The molecular weight excluding hydrogens is 585 g/mol. The van der Waals surface area contributed by atoms with E-state index in [4.69, 9.17) is 13.1 Å². The average molecular weight is 611 g/mol. The van der Waals surface area contributed by atoms with Crippen molar-refractivity contribution < 1.29 is 0 Å². The first kappa shape index (κ1) is 27.4. The lowest BCUT2D eigenvalue weighted by molar-refractivity contribution is 1.18. The molecule has 0 saturated carbocycles. The van der Waals surface area contributed by atoms with Gasteiger partial charge in [0.1, 0.15) is 0 Å². The summed E-state index contributed by atoms with van der Waals surface area (Å²) >= 11 is 0. The van der Waals surface area contributed by atoms with Gasteiger partial charge in [-0.2, -0.15) is 0 Å². The molecule has 48 heavy (non-hydrogen) atoms. The van der Waals surface area contributed by atoms with Crippen molar-refractivity contribution in [2.45, 2.75) is 0 Å². The largest absolute Gasteiger partial charge is 0.320 e. The predicted octanol–water partition coefficient (Wildman–Crippen LogP) is 12.3. The Balaban J connectivity index is 1.18. The van der Waals surface area contributed by atoms with E-state index in [2.05, 4.69) is 134 Å². The zero-order valence-electron chi connectivity index (χ0n) is 25.8. The van der Waals surface area contributed by atoms with Gasteiger partial charge in [-0.25, -0.2) is 9.69 Å². The van der Waals surface area contributed by atoms with Crippen molar-refractivity contribution in [1.29, 1.82) is 0 Å². The second-order valence-electron chi connectivity index (χ2n) is 11.9. The molecule has 0 unspecified atom stereocenters. The summed E-state index contributed by atoms with van der Waals surface area (Å²) in [5.41, 5.74) is 11.6. The maximum atomic E-state index is 8.13. The first-order valence-electron chi connectivity index (χ1n) is 15.8. The molecule has 9 rings (SSSR count). The first-order valence-corrected chi connectivity index (χ1v) is 15.8. The van der Waals surface area contributed by atoms with Gasteiger partial charge in [0.15, 0.2) is 5.69 Å². The molecule has 0 saturated heterocycles. The summed E-state index contributed by atoms with van der Waals surface area (Å²) in [6.45, 7) is 15.8. The fourth-order valence-corrected chi connectivity index (χ4v) is 7.23. The van der Waals surface area contributed by atoms with E-state index in [1.165, 1.54) is 21.8 Å². The van der Waals surface area contributed by atoms with Crippen molar-refractivity contribution in [1.82, 2.24) is 9.13 Å². The number of aromatic nitrogens is 2. The Labute approximate surface area is 277 Å². The van der Waals surface area contributed by atoms with Gasteiger partial charge in [-0.15, -0.1) is 0 Å². The number of rotatable bonds is 4. The Morgan fingerprint density at radius 1 is 0.396 bits per heavy atom. The molecule has 222 valence electrons. The van der Waals surface area contributed by atoms with Gasteiger partial charge in [0.25, 0.3) is 0 Å². The lowest BCUT2D eigenvalue weighted by Gasteiger charge is -2.17. The van der Waals surface area contributed by atoms with Gasteiger partial charge >= 0.3 is 0 Å². The van der Waals surface area contributed by atoms with Crippen LogP contribution in [-0.4, -0.2) is 9.13 Å². The molecule has 0 aliphatic rings. The fourth-order valence-electron chi connectivity index (χ4n) is 7.23. The van der Waals surface area contributed by atoms with Crippen LogP contribution < -0.4 is 0 Å². The van der Waals surface area contributed by atoms with Crippen molar-refractivity contribution in [3.8, 4) is 33.6 Å². The Morgan fingerprint density at radius 3 is 1.62 bits per heavy atom. The molecule has 2 aromatic heterocycles. The van der Waals surface area contributed by atoms with E-state index in [1.54, 1.807) is 0 Å². The van der Waals surface area contributed by atoms with E-state index < -0.39 is 0 Å². The van der Waals surface area contributed by atoms with Crippen molar-refractivity contribution in [2.24, 2.45) is 0 Å². The maximum absolute atomic E-state index is 8.13. The molecule has 0 bridgehead atoms. The SMILES string of the molecule is [C-]#[N+]c1ccc2c3ccccc3n(-c3c([N+]#[C-])cccc3-c3ccc(-c4cccc(-n5c6ccccc6c6ccccc65)c4)cc3)c2c1. The van der Waals surface area contributed by atoms with Crippen LogP contribution in [-0.2, 0) is 0 Å². The maximum Gasteiger partial charge on any atom is 0.211 e. The predicted molar refractivity (Wildman–Crippen MR) is 199 cm³/mol. The summed E-state index contributed by atoms with van der Waals surface area (Å²) in [6, 6.07) is 54.5. The Morgan fingerprint density at radius 2 is 0.979 bits per heavy atom. The monoisotopic (exact) mass is 610 g/mol. The van der Waals surface area contributed by atoms with E-state index in [0.29, 0.717) is 11.4 Å². The number of para-hydroxylation sites is 4. The highest BCUT2D eigenvalue weighted by molar-refractivity contribution is 6.11. The molecule has 0 aliphatic carbocycles. The molecule has 4 heteroatoms. The molecule has 0 N–H and O–H groups in total. The molecule has 4 nitrogen and oxygen atoms in total. The second kappa shape index (κ2) is 10.9. The van der Waals surface area contributed by atoms with E-state index in [-0.39, 0.29) is 0 Å². The standard InChI is InChI=1S/C44H26N4/c1-45-32-25-26-38-37-15-5-8-20-42(37)48(43(38)28-32)44-34(16-10-17-39(44)46-2)30-23-21-29(22-24-30)31-11-9-12-33(27-31)47-40-18-6-3-13-35(40)36-14-4-7-19-41(36)47/h3-28H. The number of hydrogen-bond acceptors (Lipinski definition) is 0. The van der Waals surface area contributed by atoms with E-state index >= 15 is 0 Å². The van der Waals surface area contributed by atoms with Crippen LogP contribution in [0.2, 0.25) is 0 Å². The van der Waals surface area contributed by atoms with E-state index in [1.807, 2.05) is 42.5 Å². The Bertz CT molecular complexity index is 2750. The van der Waals surface area contributed by atoms with Gasteiger partial charge < -0.3 is 9.13 Å². The molecular formula is C44H26N4. The van der Waals surface area contributed by atoms with Crippen molar-refractivity contribution in [3.05, 3.63) is 181 Å². The van der Waals surface area contributed by atoms with E-state index in [9.17, 15) is 0 Å². The second-order valence-corrected chi connectivity index (χ2v) is 11.9. The van der Waals surface area contributed by atoms with Crippen LogP contribution in [0.15, 0.2) is 158 Å². The Hall–Kier alpha value is -6.88. The minimum absolute atomic E-state index is 0.561. The van der Waals surface area contributed by atoms with Gasteiger partial charge in [-0.1, -0.05) is 121 Å². The molecule has 7 aromatic carbocycles. The molecule has 0 amide bonds. The molecule has 0 fully saturated rings. The van der Waals surface area contributed by atoms with Crippen molar-refractivity contribution >= 4 is 55.0 Å². The van der Waals surface area contributed by atoms with Gasteiger partial charge in [-0.05, 0) is 58.7 Å². The van der Waals surface area contributed by atoms with Crippen LogP contribution in [0, 0.1) is 13.1 Å². The third-order valence-corrected chi connectivity index (χ3v) is 9.36. The molecule has 0 aliphatic heterocycles. The number of hydrogen-bond donors (Lipinski definition) is 0. The van der Waals surface area contributed by atoms with Crippen LogP contribution in [0.4, 0.5) is 11.4 Å². The summed E-state index contributed by atoms with van der Waals surface area (Å²) in [4.78, 5) is 7.69. The van der Waals surface area contributed by atoms with Crippen LogP contribution >= 0.6 is 0 Å². The highest BCUT2D eigenvalue weighted by Crippen LogP contribution is 2.42. The number of benzene rings is 7. The summed E-state index contributed by atoms with van der Waals surface area (Å²) in [5.74, 6) is 0. The number of fused-ring (bicyclic) bond motifs is 6. The fraction of sp³-hybridized carbons (Fsp3) is 0. The third kappa shape index (κ3) is 4.14. The smallest absolute Gasteiger partial charge is 0.211 e. The quantitative estimate of drug-likeness (QED) is 0.177. The highest BCUT2D eigenvalue weighted by atomic mass is 15.0. The molecule has 2 heterocycles. The van der Waals surface area contributed by atoms with Gasteiger partial charge in [0.05, 0.1) is 35.4 Å². The van der Waals surface area contributed by atoms with Crippen LogP contribution in [0.1, 0.15) is 0 Å². The lowest BCUT2D eigenvalue weighted by Crippen LogP contribution is -1.98. The molecule has 0 atom stereocenters. The normalized spacial score (nSPS) is 11.3. The van der Waals surface area contributed by atoms with Crippen molar-refractivity contribution in [2.75, 3.05) is 0 Å². The zero-order valence-corrected chi connectivity index (χ0v) is 25.8. The molecule has 0 radical (unpaired) electrons. The van der Waals surface area contributed by atoms with Crippen LogP contribution in [0.25, 0.3) is 86.9 Å². The summed E-state index contributed by atoms with van der Waals surface area (Å²) in [5, 5.41) is 4.64. The Kier molecular flexibility index (Phi) is 6.22. The van der Waals surface area contributed by atoms with Crippen LogP contribution in [0.5, 0.6) is 0 Å². The van der Waals surface area contributed by atoms with Gasteiger partial charge in [0, 0.05) is 32.7 Å². The third-order valence-electron chi connectivity index (χ3n) is 9.36. The topological polar surface area (TPSA) is 18.6 Å². The van der Waals surface area contributed by atoms with Gasteiger partial charge in [0.2, 0.25) is 5.69 Å². The summed E-state index contributed by atoms with van der Waals surface area (Å²) in [6.07, 6.45) is 0. The molecule has 9 aromatic rings. The summed E-state index contributed by atoms with van der Waals surface area (Å²) in [7, 11) is 0. The van der Waals surface area contributed by atoms with E-state index in [0.717, 1.165) is 55.4 Å². The minimum atomic E-state index is 0.561. The minimum Gasteiger partial charge on any atom is -0.320 e. The summed E-state index contributed by atoms with van der Waals surface area (Å²) < 4.78 is 4.50. The molecule has 0 spiro atoms.